The van der Waals surface area contributed by atoms with Gasteiger partial charge in [-0.3, -0.25) is 33.7 Å². The highest BCUT2D eigenvalue weighted by Gasteiger charge is 2.36. The lowest BCUT2D eigenvalue weighted by Gasteiger charge is -2.36. The van der Waals surface area contributed by atoms with Crippen molar-refractivity contribution in [2.24, 2.45) is 13.0 Å². The fourth-order valence-electron chi connectivity index (χ4n) is 6.94. The van der Waals surface area contributed by atoms with Crippen LogP contribution in [-0.4, -0.2) is 82.0 Å². The molecule has 0 spiro atoms. The second-order valence-electron chi connectivity index (χ2n) is 13.0. The smallest absolute Gasteiger partial charge is 0.247 e. The fourth-order valence-corrected chi connectivity index (χ4v) is 6.94. The van der Waals surface area contributed by atoms with E-state index < -0.39 is 12.1 Å². The van der Waals surface area contributed by atoms with Crippen molar-refractivity contribution in [1.29, 1.82) is 0 Å². The van der Waals surface area contributed by atoms with Crippen LogP contribution in [0.1, 0.15) is 63.0 Å². The van der Waals surface area contributed by atoms with Gasteiger partial charge in [-0.1, -0.05) is 75.1 Å². The number of piperazine rings is 1. The van der Waals surface area contributed by atoms with Crippen LogP contribution in [0.3, 0.4) is 0 Å². The SMILES string of the molecule is CCC(=O)N[C@H](Cc1ccc(NC(=O)[C@H](C2CCCCCC2)N(C=O)c2ccnn2C)cc1)C(=O)N1CCN(Cc2ccccc2)CC1. The number of aryl methyl sites for hydroxylation is 1. The highest BCUT2D eigenvalue weighted by molar-refractivity contribution is 6.00. The Balaban J connectivity index is 1.24. The van der Waals surface area contributed by atoms with Crippen molar-refractivity contribution in [2.75, 3.05) is 36.4 Å². The minimum Gasteiger partial charge on any atom is -0.344 e. The lowest BCUT2D eigenvalue weighted by Crippen LogP contribution is -2.55. The second kappa shape index (κ2) is 17.1. The van der Waals surface area contributed by atoms with Crippen LogP contribution in [-0.2, 0) is 39.2 Å². The maximum absolute atomic E-state index is 13.9. The molecule has 0 radical (unpaired) electrons. The number of hydrogen-bond donors (Lipinski definition) is 2. The minimum atomic E-state index is -0.682. The Morgan fingerprint density at radius 2 is 1.60 bits per heavy atom. The first kappa shape index (κ1) is 34.8. The molecule has 256 valence electrons. The fraction of sp³-hybridized carbons (Fsp3) is 0.486. The van der Waals surface area contributed by atoms with Gasteiger partial charge >= 0.3 is 0 Å². The molecule has 2 aromatic carbocycles. The van der Waals surface area contributed by atoms with E-state index in [4.69, 9.17) is 0 Å². The summed E-state index contributed by atoms with van der Waals surface area (Å²) in [5.74, 6) is 0.118. The number of hydrogen-bond acceptors (Lipinski definition) is 6. The molecule has 1 aromatic heterocycles. The summed E-state index contributed by atoms with van der Waals surface area (Å²) in [6.07, 6.45) is 9.06. The van der Waals surface area contributed by atoms with Crippen LogP contribution >= 0.6 is 0 Å². The van der Waals surface area contributed by atoms with Crippen LogP contribution in [0.15, 0.2) is 66.9 Å². The Hall–Kier alpha value is -4.51. The molecule has 2 heterocycles. The zero-order chi connectivity index (χ0) is 33.9. The topological polar surface area (TPSA) is 120 Å². The average Bonchev–Trinajstić information content (AvgIpc) is 3.35. The van der Waals surface area contributed by atoms with Crippen molar-refractivity contribution in [3.05, 3.63) is 78.0 Å². The van der Waals surface area contributed by atoms with Gasteiger partial charge in [0.05, 0.1) is 6.20 Å². The summed E-state index contributed by atoms with van der Waals surface area (Å²) in [6, 6.07) is 18.1. The number of rotatable bonds is 13. The maximum atomic E-state index is 13.9. The van der Waals surface area contributed by atoms with E-state index in [1.54, 1.807) is 30.9 Å². The summed E-state index contributed by atoms with van der Waals surface area (Å²) in [5, 5.41) is 10.2. The van der Waals surface area contributed by atoms with Gasteiger partial charge in [0.15, 0.2) is 0 Å². The van der Waals surface area contributed by atoms with Gasteiger partial charge in [-0.15, -0.1) is 0 Å². The van der Waals surface area contributed by atoms with Crippen LogP contribution in [0.4, 0.5) is 11.5 Å². The second-order valence-corrected chi connectivity index (χ2v) is 13.0. The van der Waals surface area contributed by atoms with Crippen LogP contribution < -0.4 is 15.5 Å². The third-order valence-electron chi connectivity index (χ3n) is 9.64. The first-order valence-electron chi connectivity index (χ1n) is 17.3. The third kappa shape index (κ3) is 9.09. The highest BCUT2D eigenvalue weighted by Crippen LogP contribution is 2.31. The van der Waals surface area contributed by atoms with E-state index in [-0.39, 0.29) is 23.6 Å². The largest absolute Gasteiger partial charge is 0.344 e. The number of anilines is 2. The molecule has 2 aliphatic rings. The predicted octanol–water partition coefficient (Wildman–Crippen LogP) is 4.14. The number of aromatic nitrogens is 2. The first-order valence-corrected chi connectivity index (χ1v) is 17.3. The molecule has 0 bridgehead atoms. The van der Waals surface area contributed by atoms with E-state index >= 15 is 0 Å². The lowest BCUT2D eigenvalue weighted by atomic mass is 9.90. The molecule has 4 amide bonds. The zero-order valence-corrected chi connectivity index (χ0v) is 28.2. The standard InChI is InChI=1S/C37H49N7O4/c1-3-33(46)40-32(37(48)43-23-21-42(22-24-43)26-29-11-7-6-8-12-29)25-28-15-17-31(18-16-28)39-36(47)35(30-13-9-4-5-10-14-30)44(27-45)34-19-20-38-41(34)2/h6-8,11-12,15-20,27,30,32,35H,3-5,9-10,13-14,21-26H2,1-2H3,(H,39,47)(H,40,46)/t32-,35+/m1/s1. The Morgan fingerprint density at radius 1 is 0.917 bits per heavy atom. The quantitative estimate of drug-likeness (QED) is 0.211. The van der Waals surface area contributed by atoms with Gasteiger partial charge < -0.3 is 15.5 Å². The Bertz CT molecular complexity index is 1490. The van der Waals surface area contributed by atoms with Gasteiger partial charge in [-0.2, -0.15) is 5.10 Å². The molecule has 1 saturated carbocycles. The normalized spacial score (nSPS) is 17.2. The number of nitrogens with zero attached hydrogens (tertiary/aromatic N) is 5. The number of amides is 4. The molecule has 1 aliphatic carbocycles. The molecule has 11 heteroatoms. The number of carbonyl (C=O) groups is 4. The molecule has 2 fully saturated rings. The van der Waals surface area contributed by atoms with E-state index in [1.165, 1.54) is 10.5 Å². The van der Waals surface area contributed by atoms with Crippen molar-refractivity contribution in [2.45, 2.75) is 76.9 Å². The predicted molar refractivity (Wildman–Crippen MR) is 186 cm³/mol. The molecule has 1 saturated heterocycles. The van der Waals surface area contributed by atoms with Crippen molar-refractivity contribution in [1.82, 2.24) is 24.9 Å². The van der Waals surface area contributed by atoms with Gasteiger partial charge in [0, 0.05) is 64.4 Å². The summed E-state index contributed by atoms with van der Waals surface area (Å²) in [4.78, 5) is 58.2. The summed E-state index contributed by atoms with van der Waals surface area (Å²) >= 11 is 0. The molecule has 1 aliphatic heterocycles. The number of benzene rings is 2. The molecule has 2 atom stereocenters. The van der Waals surface area contributed by atoms with Crippen LogP contribution in [0.5, 0.6) is 0 Å². The molecular weight excluding hydrogens is 606 g/mol. The molecule has 5 rings (SSSR count). The minimum absolute atomic E-state index is 0.0287. The third-order valence-corrected chi connectivity index (χ3v) is 9.64. The Labute approximate surface area is 283 Å². The van der Waals surface area contributed by atoms with Gasteiger partial charge in [0.2, 0.25) is 24.1 Å². The van der Waals surface area contributed by atoms with Gasteiger partial charge in [0.25, 0.3) is 0 Å². The lowest BCUT2D eigenvalue weighted by molar-refractivity contribution is -0.138. The van der Waals surface area contributed by atoms with E-state index in [2.05, 4.69) is 32.8 Å². The summed E-state index contributed by atoms with van der Waals surface area (Å²) in [7, 11) is 1.76. The van der Waals surface area contributed by atoms with Crippen LogP contribution in [0.2, 0.25) is 0 Å². The van der Waals surface area contributed by atoms with E-state index in [1.807, 2.05) is 47.4 Å². The van der Waals surface area contributed by atoms with Crippen LogP contribution in [0, 0.1) is 5.92 Å². The van der Waals surface area contributed by atoms with Crippen molar-refractivity contribution >= 4 is 35.6 Å². The maximum Gasteiger partial charge on any atom is 0.247 e. The molecule has 3 aromatic rings. The van der Waals surface area contributed by atoms with E-state index in [9.17, 15) is 19.2 Å². The summed E-state index contributed by atoms with van der Waals surface area (Å²) in [6.45, 7) is 5.38. The van der Waals surface area contributed by atoms with Gasteiger partial charge in [-0.25, -0.2) is 0 Å². The summed E-state index contributed by atoms with van der Waals surface area (Å²) in [5.41, 5.74) is 2.72. The van der Waals surface area contributed by atoms with Crippen LogP contribution in [0.25, 0.3) is 0 Å². The molecule has 0 unspecified atom stereocenters. The number of nitrogens with one attached hydrogen (secondary N) is 2. The molecular formula is C37H49N7O4. The van der Waals surface area contributed by atoms with Crippen molar-refractivity contribution in [3.63, 3.8) is 0 Å². The zero-order valence-electron chi connectivity index (χ0n) is 28.2. The Morgan fingerprint density at radius 3 is 2.21 bits per heavy atom. The molecule has 11 nitrogen and oxygen atoms in total. The highest BCUT2D eigenvalue weighted by atomic mass is 16.2. The average molecular weight is 656 g/mol. The summed E-state index contributed by atoms with van der Waals surface area (Å²) < 4.78 is 1.61. The van der Waals surface area contributed by atoms with Gasteiger partial charge in [-0.05, 0) is 42.0 Å². The van der Waals surface area contributed by atoms with Crippen molar-refractivity contribution in [3.8, 4) is 0 Å². The Kier molecular flexibility index (Phi) is 12.4. The first-order chi connectivity index (χ1) is 23.4. The van der Waals surface area contributed by atoms with Crippen molar-refractivity contribution < 1.29 is 19.2 Å². The molecule has 2 N–H and O–H groups in total. The van der Waals surface area contributed by atoms with E-state index in [0.717, 1.165) is 70.1 Å². The monoisotopic (exact) mass is 655 g/mol. The molecule has 48 heavy (non-hydrogen) atoms. The number of carbonyl (C=O) groups excluding carboxylic acids is 4. The van der Waals surface area contributed by atoms with E-state index in [0.29, 0.717) is 37.4 Å². The van der Waals surface area contributed by atoms with Gasteiger partial charge in [0.1, 0.15) is 17.9 Å².